The third kappa shape index (κ3) is 3.11. The molecule has 0 unspecified atom stereocenters. The van der Waals surface area contributed by atoms with Crippen LogP contribution in [0.3, 0.4) is 0 Å². The second-order valence-corrected chi connectivity index (χ2v) is 8.04. The lowest BCUT2D eigenvalue weighted by molar-refractivity contribution is 1.06. The predicted molar refractivity (Wildman–Crippen MR) is 116 cm³/mol. The first-order valence-corrected chi connectivity index (χ1v) is 10.3. The van der Waals surface area contributed by atoms with Crippen molar-refractivity contribution in [3.05, 3.63) is 78.7 Å². The van der Waals surface area contributed by atoms with Crippen LogP contribution in [0.2, 0.25) is 0 Å². The van der Waals surface area contributed by atoms with Crippen LogP contribution < -0.4 is 5.73 Å². The first-order chi connectivity index (χ1) is 13.8. The normalized spacial score (nSPS) is 11.0. The lowest BCUT2D eigenvalue weighted by Crippen LogP contribution is -1.89. The standard InChI is InChI=1S/C21H15N5S2/c22-21-25-18(20-24-17(12-27-20)14-4-2-1-3-5-14)19(28-21)15-6-8-16(9-7-15)26-11-10-23-13-26/h1-13H,(H2,22,25). The van der Waals surface area contributed by atoms with E-state index in [2.05, 4.69) is 51.7 Å². The largest absolute Gasteiger partial charge is 0.375 e. The predicted octanol–water partition coefficient (Wildman–Crippen LogP) is 5.37. The van der Waals surface area contributed by atoms with Gasteiger partial charge in [-0.05, 0) is 17.7 Å². The van der Waals surface area contributed by atoms with Crippen molar-refractivity contribution in [3.8, 4) is 38.1 Å². The van der Waals surface area contributed by atoms with Gasteiger partial charge in [-0.25, -0.2) is 15.0 Å². The fourth-order valence-corrected chi connectivity index (χ4v) is 4.72. The molecule has 5 aromatic rings. The number of thiazole rings is 2. The highest BCUT2D eigenvalue weighted by atomic mass is 32.1. The second kappa shape index (κ2) is 7.03. The minimum Gasteiger partial charge on any atom is -0.375 e. The van der Waals surface area contributed by atoms with Gasteiger partial charge in [-0.1, -0.05) is 53.8 Å². The maximum Gasteiger partial charge on any atom is 0.181 e. The van der Waals surface area contributed by atoms with E-state index in [1.165, 1.54) is 11.3 Å². The molecule has 0 fully saturated rings. The van der Waals surface area contributed by atoms with Crippen molar-refractivity contribution in [2.75, 3.05) is 5.73 Å². The van der Waals surface area contributed by atoms with Crippen molar-refractivity contribution in [1.29, 1.82) is 0 Å². The third-order valence-electron chi connectivity index (χ3n) is 4.35. The molecule has 0 spiro atoms. The lowest BCUT2D eigenvalue weighted by Gasteiger charge is -2.04. The number of hydrogen-bond acceptors (Lipinski definition) is 6. The molecule has 0 aliphatic rings. The van der Waals surface area contributed by atoms with Crippen LogP contribution in [0.25, 0.3) is 38.1 Å². The highest BCUT2D eigenvalue weighted by molar-refractivity contribution is 7.20. The van der Waals surface area contributed by atoms with Gasteiger partial charge in [-0.15, -0.1) is 11.3 Å². The summed E-state index contributed by atoms with van der Waals surface area (Å²) >= 11 is 3.07. The van der Waals surface area contributed by atoms with Crippen molar-refractivity contribution in [1.82, 2.24) is 19.5 Å². The molecule has 5 rings (SSSR count). The van der Waals surface area contributed by atoms with Crippen molar-refractivity contribution in [3.63, 3.8) is 0 Å². The van der Waals surface area contributed by atoms with Crippen molar-refractivity contribution < 1.29 is 0 Å². The van der Waals surface area contributed by atoms with Crippen LogP contribution in [0.4, 0.5) is 5.13 Å². The maximum atomic E-state index is 6.05. The molecule has 3 aromatic heterocycles. The molecule has 2 aromatic carbocycles. The highest BCUT2D eigenvalue weighted by Crippen LogP contribution is 2.40. The van der Waals surface area contributed by atoms with Crippen molar-refractivity contribution in [2.24, 2.45) is 0 Å². The highest BCUT2D eigenvalue weighted by Gasteiger charge is 2.17. The Bertz CT molecular complexity index is 1210. The molecule has 0 atom stereocenters. The molecule has 0 radical (unpaired) electrons. The molecule has 0 saturated carbocycles. The van der Waals surface area contributed by atoms with Gasteiger partial charge >= 0.3 is 0 Å². The van der Waals surface area contributed by atoms with E-state index in [-0.39, 0.29) is 0 Å². The zero-order chi connectivity index (χ0) is 18.9. The number of nitrogens with two attached hydrogens (primary N) is 1. The number of nitrogen functional groups attached to an aromatic ring is 1. The molecule has 2 N–H and O–H groups in total. The third-order valence-corrected chi connectivity index (χ3v) is 6.13. The first kappa shape index (κ1) is 16.9. The number of anilines is 1. The summed E-state index contributed by atoms with van der Waals surface area (Å²) in [5.74, 6) is 0. The molecule has 5 nitrogen and oxygen atoms in total. The van der Waals surface area contributed by atoms with Gasteiger partial charge in [0.1, 0.15) is 10.7 Å². The second-order valence-electron chi connectivity index (χ2n) is 6.15. The smallest absolute Gasteiger partial charge is 0.181 e. The van der Waals surface area contributed by atoms with E-state index >= 15 is 0 Å². The Hall–Kier alpha value is -3.29. The average Bonchev–Trinajstić information content (AvgIpc) is 3.49. The summed E-state index contributed by atoms with van der Waals surface area (Å²) in [6.07, 6.45) is 5.47. The van der Waals surface area contributed by atoms with Gasteiger partial charge in [0.05, 0.1) is 16.9 Å². The van der Waals surface area contributed by atoms with E-state index in [4.69, 9.17) is 10.7 Å². The van der Waals surface area contributed by atoms with E-state index in [0.717, 1.165) is 38.1 Å². The molecular weight excluding hydrogens is 386 g/mol. The number of hydrogen-bond donors (Lipinski definition) is 1. The summed E-state index contributed by atoms with van der Waals surface area (Å²) in [5, 5.41) is 3.48. The molecule has 0 amide bonds. The Morgan fingerprint density at radius 3 is 2.46 bits per heavy atom. The lowest BCUT2D eigenvalue weighted by atomic mass is 10.1. The summed E-state index contributed by atoms with van der Waals surface area (Å²) in [4.78, 5) is 14.5. The summed E-state index contributed by atoms with van der Waals surface area (Å²) in [6, 6.07) is 18.4. The van der Waals surface area contributed by atoms with Gasteiger partial charge < -0.3 is 10.3 Å². The molecule has 0 saturated heterocycles. The Labute approximate surface area is 169 Å². The van der Waals surface area contributed by atoms with Crippen LogP contribution in [-0.2, 0) is 0 Å². The van der Waals surface area contributed by atoms with Crippen molar-refractivity contribution >= 4 is 27.8 Å². The average molecular weight is 402 g/mol. The SMILES string of the molecule is Nc1nc(-c2nc(-c3ccccc3)cs2)c(-c2ccc(-n3ccnc3)cc2)s1. The molecular formula is C21H15N5S2. The molecule has 0 aliphatic carbocycles. The van der Waals surface area contributed by atoms with Gasteiger partial charge in [-0.3, -0.25) is 0 Å². The quantitative estimate of drug-likeness (QED) is 0.440. The summed E-state index contributed by atoms with van der Waals surface area (Å²) in [7, 11) is 0. The molecule has 28 heavy (non-hydrogen) atoms. The van der Waals surface area contributed by atoms with E-state index in [1.54, 1.807) is 23.9 Å². The van der Waals surface area contributed by atoms with Gasteiger partial charge in [0.25, 0.3) is 0 Å². The molecule has 7 heteroatoms. The Morgan fingerprint density at radius 2 is 1.71 bits per heavy atom. The first-order valence-electron chi connectivity index (χ1n) is 8.64. The topological polar surface area (TPSA) is 69.6 Å². The fraction of sp³-hybridized carbons (Fsp3) is 0. The summed E-state index contributed by atoms with van der Waals surface area (Å²) in [5.41, 5.74) is 11.1. The fourth-order valence-electron chi connectivity index (χ4n) is 3.00. The molecule has 136 valence electrons. The number of imidazole rings is 1. The van der Waals surface area contributed by atoms with Gasteiger partial charge in [0, 0.05) is 29.0 Å². The Kier molecular flexibility index (Phi) is 4.23. The van der Waals surface area contributed by atoms with E-state index in [9.17, 15) is 0 Å². The van der Waals surface area contributed by atoms with Gasteiger partial charge in [0.15, 0.2) is 5.13 Å². The summed E-state index contributed by atoms with van der Waals surface area (Å²) in [6.45, 7) is 0. The van der Waals surface area contributed by atoms with Crippen molar-refractivity contribution in [2.45, 2.75) is 0 Å². The van der Waals surface area contributed by atoms with Crippen LogP contribution >= 0.6 is 22.7 Å². The van der Waals surface area contributed by atoms with E-state index < -0.39 is 0 Å². The zero-order valence-electron chi connectivity index (χ0n) is 14.7. The summed E-state index contributed by atoms with van der Waals surface area (Å²) < 4.78 is 1.97. The van der Waals surface area contributed by atoms with Gasteiger partial charge in [-0.2, -0.15) is 0 Å². The zero-order valence-corrected chi connectivity index (χ0v) is 16.3. The maximum absolute atomic E-state index is 6.05. The van der Waals surface area contributed by atoms with E-state index in [0.29, 0.717) is 5.13 Å². The molecule has 0 bridgehead atoms. The minimum absolute atomic E-state index is 0.542. The van der Waals surface area contributed by atoms with E-state index in [1.807, 2.05) is 29.0 Å². The Balaban J connectivity index is 1.52. The number of benzene rings is 2. The molecule has 0 aliphatic heterocycles. The number of rotatable bonds is 4. The molecule has 3 heterocycles. The van der Waals surface area contributed by atoms with Crippen LogP contribution in [0.1, 0.15) is 0 Å². The van der Waals surface area contributed by atoms with Crippen LogP contribution in [0.5, 0.6) is 0 Å². The minimum atomic E-state index is 0.542. The van der Waals surface area contributed by atoms with Crippen LogP contribution in [0.15, 0.2) is 78.7 Å². The monoisotopic (exact) mass is 401 g/mol. The van der Waals surface area contributed by atoms with Crippen LogP contribution in [-0.4, -0.2) is 19.5 Å². The van der Waals surface area contributed by atoms with Gasteiger partial charge in [0.2, 0.25) is 0 Å². The number of aromatic nitrogens is 4. The van der Waals surface area contributed by atoms with Crippen LogP contribution in [0, 0.1) is 0 Å². The Morgan fingerprint density at radius 1 is 0.893 bits per heavy atom. The number of nitrogens with zero attached hydrogens (tertiary/aromatic N) is 4.